The third kappa shape index (κ3) is 3.29. The van der Waals surface area contributed by atoms with Crippen molar-refractivity contribution in [1.29, 1.82) is 0 Å². The molecule has 8 nitrogen and oxygen atoms in total. The van der Waals surface area contributed by atoms with Crippen molar-refractivity contribution in [3.8, 4) is 17.2 Å². The number of rotatable bonds is 4. The van der Waals surface area contributed by atoms with E-state index in [1.165, 1.54) is 7.11 Å². The van der Waals surface area contributed by atoms with Gasteiger partial charge in [0.25, 0.3) is 11.8 Å². The van der Waals surface area contributed by atoms with Gasteiger partial charge < -0.3 is 19.3 Å². The number of carbonyl (C=O) groups excluding carboxylic acids is 2. The molecule has 2 amide bonds. The topological polar surface area (TPSA) is 102 Å². The fraction of sp³-hybridized carbons (Fsp3) is 0.190. The van der Waals surface area contributed by atoms with Crippen molar-refractivity contribution in [2.24, 2.45) is 0 Å². The third-order valence-corrected chi connectivity index (χ3v) is 4.62. The predicted octanol–water partition coefficient (Wildman–Crippen LogP) is 2.07. The van der Waals surface area contributed by atoms with Gasteiger partial charge in [0.1, 0.15) is 19.8 Å². The van der Waals surface area contributed by atoms with Crippen molar-refractivity contribution in [1.82, 2.24) is 4.90 Å². The number of nitrogens with zero attached hydrogens (tertiary/aromatic N) is 1. The first-order chi connectivity index (χ1) is 14.0. The molecule has 2 aliphatic rings. The van der Waals surface area contributed by atoms with Crippen LogP contribution < -0.4 is 14.2 Å². The highest BCUT2D eigenvalue weighted by atomic mass is 16.6. The van der Waals surface area contributed by atoms with E-state index in [4.69, 9.17) is 19.3 Å². The molecule has 2 aromatic carbocycles. The van der Waals surface area contributed by atoms with Gasteiger partial charge in [-0.2, -0.15) is 0 Å². The molecule has 1 N–H and O–H groups in total. The molecule has 0 aromatic heterocycles. The Morgan fingerprint density at radius 3 is 2.59 bits per heavy atom. The fourth-order valence-corrected chi connectivity index (χ4v) is 3.36. The molecule has 0 spiro atoms. The van der Waals surface area contributed by atoms with Gasteiger partial charge in [0.2, 0.25) is 5.75 Å². The van der Waals surface area contributed by atoms with Crippen LogP contribution in [0.2, 0.25) is 0 Å². The van der Waals surface area contributed by atoms with Crippen molar-refractivity contribution in [3.05, 3.63) is 53.1 Å². The first-order valence-corrected chi connectivity index (χ1v) is 8.86. The van der Waals surface area contributed by atoms with Gasteiger partial charge in [-0.05, 0) is 35.4 Å². The first-order valence-electron chi connectivity index (χ1n) is 8.86. The molecular weight excluding hydrogens is 378 g/mol. The van der Waals surface area contributed by atoms with Crippen LogP contribution in [0.25, 0.3) is 11.6 Å². The molecule has 148 valence electrons. The Balaban J connectivity index is 1.85. The molecule has 2 heterocycles. The lowest BCUT2D eigenvalue weighted by atomic mass is 9.92. The van der Waals surface area contributed by atoms with E-state index in [0.717, 1.165) is 4.90 Å². The summed E-state index contributed by atoms with van der Waals surface area (Å²) in [5.41, 5.74) is 1.51. The summed E-state index contributed by atoms with van der Waals surface area (Å²) < 4.78 is 16.6. The number of amides is 2. The molecule has 0 saturated carbocycles. The zero-order chi connectivity index (χ0) is 20.5. The summed E-state index contributed by atoms with van der Waals surface area (Å²) >= 11 is 0. The Morgan fingerprint density at radius 2 is 1.86 bits per heavy atom. The van der Waals surface area contributed by atoms with E-state index in [0.29, 0.717) is 41.6 Å². The van der Waals surface area contributed by atoms with Crippen molar-refractivity contribution < 1.29 is 33.7 Å². The smallest absolute Gasteiger partial charge is 0.323 e. The van der Waals surface area contributed by atoms with E-state index < -0.39 is 24.3 Å². The SMILES string of the molecule is COc1cc(/C=C2/C(=O)N(CC(=O)O)C(=O)c3ccccc32)cc2c1OCCO2. The summed E-state index contributed by atoms with van der Waals surface area (Å²) in [5, 5.41) is 9.11. The van der Waals surface area contributed by atoms with E-state index >= 15 is 0 Å². The number of aliphatic carboxylic acids is 1. The summed E-state index contributed by atoms with van der Waals surface area (Å²) in [4.78, 5) is 37.5. The lowest BCUT2D eigenvalue weighted by Crippen LogP contribution is -2.44. The minimum absolute atomic E-state index is 0.209. The number of hydrogen-bond acceptors (Lipinski definition) is 6. The second kappa shape index (κ2) is 7.31. The van der Waals surface area contributed by atoms with E-state index in [1.54, 1.807) is 42.5 Å². The van der Waals surface area contributed by atoms with Crippen LogP contribution in [0.3, 0.4) is 0 Å². The molecule has 4 rings (SSSR count). The first kappa shape index (κ1) is 18.5. The number of ether oxygens (including phenoxy) is 3. The molecule has 29 heavy (non-hydrogen) atoms. The van der Waals surface area contributed by atoms with Gasteiger partial charge in [-0.25, -0.2) is 0 Å². The number of imide groups is 1. The fourth-order valence-electron chi connectivity index (χ4n) is 3.36. The number of carbonyl (C=O) groups is 3. The summed E-state index contributed by atoms with van der Waals surface area (Å²) in [6.07, 6.45) is 1.59. The number of fused-ring (bicyclic) bond motifs is 2. The van der Waals surface area contributed by atoms with Crippen LogP contribution in [-0.2, 0) is 9.59 Å². The van der Waals surface area contributed by atoms with Crippen LogP contribution in [0.4, 0.5) is 0 Å². The minimum Gasteiger partial charge on any atom is -0.493 e. The molecule has 0 bridgehead atoms. The van der Waals surface area contributed by atoms with Crippen molar-refractivity contribution >= 4 is 29.4 Å². The van der Waals surface area contributed by atoms with E-state index in [2.05, 4.69) is 0 Å². The molecule has 0 radical (unpaired) electrons. The average molecular weight is 395 g/mol. The second-order valence-electron chi connectivity index (χ2n) is 6.44. The van der Waals surface area contributed by atoms with Crippen molar-refractivity contribution in [2.45, 2.75) is 0 Å². The van der Waals surface area contributed by atoms with Crippen LogP contribution in [-0.4, -0.2) is 54.7 Å². The van der Waals surface area contributed by atoms with Gasteiger partial charge in [-0.15, -0.1) is 0 Å². The quantitative estimate of drug-likeness (QED) is 0.625. The van der Waals surface area contributed by atoms with Crippen LogP contribution in [0, 0.1) is 0 Å². The number of benzene rings is 2. The largest absolute Gasteiger partial charge is 0.493 e. The molecule has 0 unspecified atom stereocenters. The van der Waals surface area contributed by atoms with Crippen LogP contribution in [0.5, 0.6) is 17.2 Å². The highest BCUT2D eigenvalue weighted by Gasteiger charge is 2.35. The Kier molecular flexibility index (Phi) is 4.67. The third-order valence-electron chi connectivity index (χ3n) is 4.62. The van der Waals surface area contributed by atoms with E-state index in [1.807, 2.05) is 0 Å². The highest BCUT2D eigenvalue weighted by Crippen LogP contribution is 2.41. The van der Waals surface area contributed by atoms with Gasteiger partial charge in [0, 0.05) is 11.1 Å². The number of methoxy groups -OCH3 is 1. The molecule has 0 saturated heterocycles. The van der Waals surface area contributed by atoms with Gasteiger partial charge in [-0.3, -0.25) is 19.3 Å². The maximum absolute atomic E-state index is 13.0. The monoisotopic (exact) mass is 395 g/mol. The maximum atomic E-state index is 13.0. The number of hydrogen-bond donors (Lipinski definition) is 1. The summed E-state index contributed by atoms with van der Waals surface area (Å²) in [6, 6.07) is 9.99. The molecule has 2 aromatic rings. The second-order valence-corrected chi connectivity index (χ2v) is 6.44. The summed E-state index contributed by atoms with van der Waals surface area (Å²) in [5.74, 6) is -1.17. The predicted molar refractivity (Wildman–Crippen MR) is 102 cm³/mol. The molecular formula is C21H17NO7. The van der Waals surface area contributed by atoms with E-state index in [-0.39, 0.29) is 11.1 Å². The molecule has 2 aliphatic heterocycles. The number of carboxylic acid groups (broad SMARTS) is 1. The highest BCUT2D eigenvalue weighted by molar-refractivity contribution is 6.34. The summed E-state index contributed by atoms with van der Waals surface area (Å²) in [6.45, 7) is 0.0779. The summed E-state index contributed by atoms with van der Waals surface area (Å²) in [7, 11) is 1.50. The van der Waals surface area contributed by atoms with Gasteiger partial charge in [0.15, 0.2) is 11.5 Å². The van der Waals surface area contributed by atoms with Crippen molar-refractivity contribution in [2.75, 3.05) is 26.9 Å². The van der Waals surface area contributed by atoms with Crippen molar-refractivity contribution in [3.63, 3.8) is 0 Å². The van der Waals surface area contributed by atoms with Crippen LogP contribution in [0.15, 0.2) is 36.4 Å². The Hall–Kier alpha value is -3.81. The van der Waals surface area contributed by atoms with Crippen LogP contribution in [0.1, 0.15) is 21.5 Å². The Morgan fingerprint density at radius 1 is 1.14 bits per heavy atom. The van der Waals surface area contributed by atoms with Gasteiger partial charge in [-0.1, -0.05) is 18.2 Å². The van der Waals surface area contributed by atoms with Crippen LogP contribution >= 0.6 is 0 Å². The lowest BCUT2D eigenvalue weighted by Gasteiger charge is -2.27. The average Bonchev–Trinajstić information content (AvgIpc) is 2.73. The normalized spacial score (nSPS) is 16.6. The molecule has 8 heteroatoms. The number of carboxylic acids is 1. The molecule has 0 aliphatic carbocycles. The Labute approximate surface area is 165 Å². The van der Waals surface area contributed by atoms with Gasteiger partial charge in [0.05, 0.1) is 7.11 Å². The molecule has 0 fully saturated rings. The van der Waals surface area contributed by atoms with E-state index in [9.17, 15) is 14.4 Å². The lowest BCUT2D eigenvalue weighted by molar-refractivity contribution is -0.141. The standard InChI is InChI=1S/C21H17NO7/c1-27-16-9-12(10-17-19(16)29-7-6-28-17)8-15-13-4-2-3-5-14(13)20(25)22(21(15)26)11-18(23)24/h2-5,8-10H,6-7,11H2,1H3,(H,23,24)/b15-8+. The minimum atomic E-state index is -1.27. The zero-order valence-corrected chi connectivity index (χ0v) is 15.5. The Bertz CT molecular complexity index is 1040. The molecule has 0 atom stereocenters. The zero-order valence-electron chi connectivity index (χ0n) is 15.5. The maximum Gasteiger partial charge on any atom is 0.323 e. The van der Waals surface area contributed by atoms with Gasteiger partial charge >= 0.3 is 5.97 Å².